The maximum atomic E-state index is 10.6. The lowest BCUT2D eigenvalue weighted by atomic mass is 9.79. The fourth-order valence-corrected chi connectivity index (χ4v) is 4.65. The molecule has 1 N–H and O–H groups in total. The van der Waals surface area contributed by atoms with E-state index in [1.165, 1.54) is 38.8 Å². The van der Waals surface area contributed by atoms with Crippen molar-refractivity contribution in [1.82, 2.24) is 14.9 Å². The van der Waals surface area contributed by atoms with E-state index in [1.807, 2.05) is 6.20 Å². The van der Waals surface area contributed by atoms with Crippen LogP contribution in [-0.2, 0) is 14.3 Å². The molecule has 0 bridgehead atoms. The highest BCUT2D eigenvalue weighted by molar-refractivity contribution is 5.73. The molecule has 8 nitrogen and oxygen atoms in total. The van der Waals surface area contributed by atoms with E-state index in [2.05, 4.69) is 19.8 Å². The first kappa shape index (κ1) is 24.7. The zero-order valence-corrected chi connectivity index (χ0v) is 18.1. The number of anilines is 1. The molecule has 1 spiro atoms. The number of alkyl halides is 3. The van der Waals surface area contributed by atoms with Gasteiger partial charge in [0, 0.05) is 57.2 Å². The third-order valence-electron chi connectivity index (χ3n) is 6.15. The zero-order valence-electron chi connectivity index (χ0n) is 18.1. The minimum Gasteiger partial charge on any atom is -0.475 e. The molecule has 4 rings (SSSR count). The van der Waals surface area contributed by atoms with Gasteiger partial charge in [-0.25, -0.2) is 9.78 Å². The normalized spacial score (nSPS) is 25.7. The molecular formula is C21H31F3N4O4. The molecule has 3 saturated heterocycles. The Morgan fingerprint density at radius 1 is 1.16 bits per heavy atom. The highest BCUT2D eigenvalue weighted by Crippen LogP contribution is 2.34. The lowest BCUT2D eigenvalue weighted by Crippen LogP contribution is -2.51. The Kier molecular flexibility index (Phi) is 8.66. The first-order chi connectivity index (χ1) is 15.3. The molecule has 4 heterocycles. The van der Waals surface area contributed by atoms with Crippen LogP contribution in [0, 0.1) is 11.3 Å². The van der Waals surface area contributed by atoms with Crippen LogP contribution in [0.1, 0.15) is 25.7 Å². The van der Waals surface area contributed by atoms with Gasteiger partial charge in [0.15, 0.2) is 0 Å². The number of carboxylic acids is 1. The summed E-state index contributed by atoms with van der Waals surface area (Å²) in [6, 6.07) is 0. The van der Waals surface area contributed by atoms with Gasteiger partial charge >= 0.3 is 12.1 Å². The minimum absolute atomic E-state index is 0.220. The Morgan fingerprint density at radius 2 is 1.91 bits per heavy atom. The van der Waals surface area contributed by atoms with E-state index >= 15 is 0 Å². The number of piperidine rings is 1. The predicted molar refractivity (Wildman–Crippen MR) is 110 cm³/mol. The van der Waals surface area contributed by atoms with Crippen LogP contribution in [0.2, 0.25) is 0 Å². The molecule has 1 unspecified atom stereocenters. The SMILES string of the molecule is O=C(O)C(F)(F)F.c1cnc(N2CCOCC3(CCCN(CC4CCOCC4)C3)C2)cn1. The predicted octanol–water partition coefficient (Wildman–Crippen LogP) is 2.46. The number of halogens is 3. The number of hydrogen-bond acceptors (Lipinski definition) is 7. The van der Waals surface area contributed by atoms with Crippen molar-refractivity contribution in [2.24, 2.45) is 11.3 Å². The van der Waals surface area contributed by atoms with Gasteiger partial charge in [0.2, 0.25) is 0 Å². The molecule has 3 aliphatic heterocycles. The Labute approximate surface area is 185 Å². The number of carbonyl (C=O) groups is 1. The third kappa shape index (κ3) is 7.28. The topological polar surface area (TPSA) is 88.0 Å². The molecule has 0 aliphatic carbocycles. The van der Waals surface area contributed by atoms with Gasteiger partial charge in [0.1, 0.15) is 5.82 Å². The first-order valence-electron chi connectivity index (χ1n) is 11.0. The summed E-state index contributed by atoms with van der Waals surface area (Å²) in [5, 5.41) is 7.12. The van der Waals surface area contributed by atoms with Gasteiger partial charge in [-0.15, -0.1) is 0 Å². The van der Waals surface area contributed by atoms with Crippen molar-refractivity contribution in [3.8, 4) is 0 Å². The van der Waals surface area contributed by atoms with E-state index in [0.717, 1.165) is 57.8 Å². The van der Waals surface area contributed by atoms with Crippen molar-refractivity contribution in [3.63, 3.8) is 0 Å². The summed E-state index contributed by atoms with van der Waals surface area (Å²) in [5.41, 5.74) is 0.220. The molecule has 180 valence electrons. The minimum atomic E-state index is -5.08. The van der Waals surface area contributed by atoms with Gasteiger partial charge in [-0.2, -0.15) is 13.2 Å². The number of likely N-dealkylation sites (tertiary alicyclic amines) is 1. The molecule has 3 aliphatic rings. The molecule has 0 saturated carbocycles. The van der Waals surface area contributed by atoms with Crippen LogP contribution in [0.15, 0.2) is 18.6 Å². The lowest BCUT2D eigenvalue weighted by Gasteiger charge is -2.44. The summed E-state index contributed by atoms with van der Waals surface area (Å²) in [7, 11) is 0. The van der Waals surface area contributed by atoms with Crippen molar-refractivity contribution < 1.29 is 32.5 Å². The summed E-state index contributed by atoms with van der Waals surface area (Å²) in [6.07, 6.45) is 5.25. The standard InChI is InChI=1S/C19H30N4O2.C2HF3O2/c1-4-19(14-22(7-1)13-17-2-9-24-10-3-17)15-23(8-11-25-16-19)18-12-20-5-6-21-18;3-2(4,5)1(6)7/h5-6,12,17H,1-4,7-11,13-16H2;(H,6,7). The summed E-state index contributed by atoms with van der Waals surface area (Å²) < 4.78 is 43.3. The van der Waals surface area contributed by atoms with E-state index in [1.54, 1.807) is 12.4 Å². The van der Waals surface area contributed by atoms with Crippen molar-refractivity contribution in [2.45, 2.75) is 31.9 Å². The molecule has 0 radical (unpaired) electrons. The highest BCUT2D eigenvalue weighted by Gasteiger charge is 2.40. The average Bonchev–Trinajstić information content (AvgIpc) is 2.97. The van der Waals surface area contributed by atoms with Gasteiger partial charge in [-0.3, -0.25) is 4.98 Å². The third-order valence-corrected chi connectivity index (χ3v) is 6.15. The van der Waals surface area contributed by atoms with E-state index in [0.29, 0.717) is 0 Å². The van der Waals surface area contributed by atoms with Crippen LogP contribution >= 0.6 is 0 Å². The van der Waals surface area contributed by atoms with Gasteiger partial charge in [0.25, 0.3) is 0 Å². The van der Waals surface area contributed by atoms with E-state index in [9.17, 15) is 13.2 Å². The van der Waals surface area contributed by atoms with Crippen LogP contribution in [0.5, 0.6) is 0 Å². The Morgan fingerprint density at radius 3 is 2.56 bits per heavy atom. The van der Waals surface area contributed by atoms with Gasteiger partial charge in [-0.1, -0.05) is 0 Å². The number of ether oxygens (including phenoxy) is 2. The fourth-order valence-electron chi connectivity index (χ4n) is 4.65. The Balaban J connectivity index is 0.000000360. The van der Waals surface area contributed by atoms with Crippen LogP contribution in [0.25, 0.3) is 0 Å². The van der Waals surface area contributed by atoms with Crippen molar-refractivity contribution >= 4 is 11.8 Å². The lowest BCUT2D eigenvalue weighted by molar-refractivity contribution is -0.192. The van der Waals surface area contributed by atoms with E-state index in [-0.39, 0.29) is 5.41 Å². The van der Waals surface area contributed by atoms with E-state index < -0.39 is 12.1 Å². The maximum Gasteiger partial charge on any atom is 0.490 e. The smallest absolute Gasteiger partial charge is 0.475 e. The molecule has 1 atom stereocenters. The van der Waals surface area contributed by atoms with Crippen molar-refractivity contribution in [3.05, 3.63) is 18.6 Å². The largest absolute Gasteiger partial charge is 0.490 e. The highest BCUT2D eigenvalue weighted by atomic mass is 19.4. The average molecular weight is 460 g/mol. The van der Waals surface area contributed by atoms with E-state index in [4.69, 9.17) is 19.4 Å². The summed E-state index contributed by atoms with van der Waals surface area (Å²) in [5.74, 6) is -0.979. The quantitative estimate of drug-likeness (QED) is 0.736. The molecule has 11 heteroatoms. The zero-order chi connectivity index (χ0) is 23.0. The molecule has 1 aromatic heterocycles. The maximum absolute atomic E-state index is 10.6. The van der Waals surface area contributed by atoms with Gasteiger partial charge < -0.3 is 24.4 Å². The summed E-state index contributed by atoms with van der Waals surface area (Å²) >= 11 is 0. The number of aromatic nitrogens is 2. The summed E-state index contributed by atoms with van der Waals surface area (Å²) in [6.45, 7) is 9.03. The van der Waals surface area contributed by atoms with Crippen LogP contribution < -0.4 is 4.90 Å². The number of aliphatic carboxylic acids is 1. The number of carboxylic acid groups (broad SMARTS) is 1. The van der Waals surface area contributed by atoms with Crippen LogP contribution in [0.4, 0.5) is 19.0 Å². The number of hydrogen-bond donors (Lipinski definition) is 1. The molecule has 3 fully saturated rings. The molecule has 0 amide bonds. The summed E-state index contributed by atoms with van der Waals surface area (Å²) in [4.78, 5) is 22.7. The number of rotatable bonds is 3. The molecule has 1 aromatic rings. The van der Waals surface area contributed by atoms with Gasteiger partial charge in [0.05, 0.1) is 19.4 Å². The second kappa shape index (κ2) is 11.2. The van der Waals surface area contributed by atoms with Crippen LogP contribution in [-0.4, -0.2) is 91.3 Å². The second-order valence-electron chi connectivity index (χ2n) is 8.74. The molecule has 32 heavy (non-hydrogen) atoms. The number of nitrogens with zero attached hydrogens (tertiary/aromatic N) is 4. The Hall–Kier alpha value is -1.98. The van der Waals surface area contributed by atoms with Gasteiger partial charge in [-0.05, 0) is 38.1 Å². The second-order valence-corrected chi connectivity index (χ2v) is 8.74. The molecule has 0 aromatic carbocycles. The first-order valence-corrected chi connectivity index (χ1v) is 11.0. The monoisotopic (exact) mass is 460 g/mol. The Bertz CT molecular complexity index is 719. The van der Waals surface area contributed by atoms with Crippen LogP contribution in [0.3, 0.4) is 0 Å². The van der Waals surface area contributed by atoms with Crippen molar-refractivity contribution in [1.29, 1.82) is 0 Å². The van der Waals surface area contributed by atoms with Crippen molar-refractivity contribution in [2.75, 3.05) is 64.1 Å². The fraction of sp³-hybridized carbons (Fsp3) is 0.762. The molecular weight excluding hydrogens is 429 g/mol.